The maximum Gasteiger partial charge on any atom is 0.0129 e. The van der Waals surface area contributed by atoms with E-state index in [0.29, 0.717) is 5.75 Å². The normalized spacial score (nSPS) is 11.1. The van der Waals surface area contributed by atoms with Gasteiger partial charge in [-0.2, -0.15) is 11.6 Å². The Bertz CT molecular complexity index is 598. The van der Waals surface area contributed by atoms with E-state index in [-0.39, 0.29) is 20.7 Å². The first-order chi connectivity index (χ1) is 11.5. The minimum atomic E-state index is -0.323. The van der Waals surface area contributed by atoms with E-state index in [1.807, 2.05) is 6.07 Å². The summed E-state index contributed by atoms with van der Waals surface area (Å²) in [7, 11) is 0. The van der Waals surface area contributed by atoms with E-state index in [9.17, 15) is 5.11 Å². The third-order valence-electron chi connectivity index (χ3n) is 4.08. The largest absolute Gasteiger partial charge is 0.533 e. The molecule has 0 spiro atoms. The van der Waals surface area contributed by atoms with Gasteiger partial charge in [-0.05, 0) is 33.6 Å². The van der Waals surface area contributed by atoms with Crippen molar-refractivity contribution in [2.75, 3.05) is 0 Å². The number of allylic oxidation sites excluding steroid dienone is 4. The van der Waals surface area contributed by atoms with Crippen LogP contribution in [0.2, 0.25) is 0 Å². The van der Waals surface area contributed by atoms with Crippen LogP contribution in [-0.2, 0) is 12.8 Å². The average molecular weight is 686 g/mol. The molecule has 0 atom stereocenters. The molecule has 0 unspecified atom stereocenters. The zero-order valence-corrected chi connectivity index (χ0v) is 21.2. The van der Waals surface area contributed by atoms with Crippen LogP contribution in [0.25, 0.3) is 0 Å². The third kappa shape index (κ3) is 8.67. The first-order valence-corrected chi connectivity index (χ1v) is 11.5. The van der Waals surface area contributed by atoms with Gasteiger partial charge in [0.1, 0.15) is 0 Å². The number of phenols is 1. The quantitative estimate of drug-likeness (QED) is 0.125. The van der Waals surface area contributed by atoms with Crippen molar-refractivity contribution in [1.29, 1.82) is 0 Å². The van der Waals surface area contributed by atoms with Gasteiger partial charge in [0.15, 0.2) is 0 Å². The second-order valence-corrected chi connectivity index (χ2v) is 8.48. The number of benzene rings is 1. The number of aryl methyl sites for hydroxylation is 1. The SMILES string of the molecule is C=Ic1[c-]c(CCCCC)cc(O)c1C/C=C(\C)CCC=C(C)C.[Cm]. The summed E-state index contributed by atoms with van der Waals surface area (Å²) >= 11 is -0.323. The van der Waals surface area contributed by atoms with Gasteiger partial charge >= 0.3 is 0 Å². The second-order valence-electron chi connectivity index (χ2n) is 6.64. The van der Waals surface area contributed by atoms with Crippen LogP contribution < -0.4 is 0 Å². The Morgan fingerprint density at radius 3 is 2.56 bits per heavy atom. The molecule has 0 bridgehead atoms. The Morgan fingerprint density at radius 2 is 1.96 bits per heavy atom. The van der Waals surface area contributed by atoms with Gasteiger partial charge in [-0.1, -0.05) is 76.0 Å². The topological polar surface area (TPSA) is 20.2 Å². The number of hydrogen-bond acceptors (Lipinski definition) is 1. The van der Waals surface area contributed by atoms with Crippen LogP contribution in [0.3, 0.4) is 0 Å². The summed E-state index contributed by atoms with van der Waals surface area (Å²) in [5, 5.41) is 10.5. The molecule has 0 saturated heterocycles. The molecule has 3 heteroatoms. The van der Waals surface area contributed by atoms with E-state index < -0.39 is 0 Å². The summed E-state index contributed by atoms with van der Waals surface area (Å²) < 4.78 is 5.31. The van der Waals surface area contributed by atoms with Gasteiger partial charge in [0.2, 0.25) is 0 Å². The first kappa shape index (κ1) is 23.1. The van der Waals surface area contributed by atoms with Crippen LogP contribution in [0.5, 0.6) is 5.75 Å². The van der Waals surface area contributed by atoms with Gasteiger partial charge in [-0.3, -0.25) is 0 Å². The fraction of sp³-hybridized carbons (Fsp3) is 0.500. The molecule has 1 nitrogen and oxygen atoms in total. The van der Waals surface area contributed by atoms with Crippen molar-refractivity contribution in [2.45, 2.75) is 72.6 Å². The molecule has 0 heterocycles. The van der Waals surface area contributed by atoms with Crippen molar-refractivity contribution in [1.82, 2.24) is 0 Å². The molecular weight excluding hydrogens is 654 g/mol. The second kappa shape index (κ2) is 12.5. The number of unbranched alkanes of at least 4 members (excludes halogenated alkanes) is 2. The Balaban J connectivity index is 0.00000576. The molecule has 0 fully saturated rings. The average Bonchev–Trinajstić information content (AvgIpc) is 2.53. The van der Waals surface area contributed by atoms with Crippen LogP contribution in [0, 0.1) is 9.64 Å². The number of hydrogen-bond donors (Lipinski definition) is 1. The Labute approximate surface area is 158 Å². The van der Waals surface area contributed by atoms with Gasteiger partial charge < -0.3 is 5.11 Å². The van der Waals surface area contributed by atoms with E-state index >= 15 is 0 Å². The van der Waals surface area contributed by atoms with Crippen molar-refractivity contribution < 1.29 is 5.11 Å². The molecule has 0 aliphatic heterocycles. The molecule has 0 radical (unpaired) electrons. The number of halogens is 1. The minimum Gasteiger partial charge on any atom is -0.533 e. The number of aromatic hydroxyl groups is 1. The van der Waals surface area contributed by atoms with E-state index in [0.717, 1.165) is 36.8 Å². The number of phenolic OH excluding ortho intramolecular Hbond substituents is 1. The molecule has 0 aliphatic rings. The molecule has 1 aromatic rings. The molecule has 1 rings (SSSR count). The first-order valence-electron chi connectivity index (χ1n) is 8.92. The molecule has 0 saturated carbocycles. The van der Waals surface area contributed by atoms with Gasteiger partial charge in [0.05, 0.1) is 0 Å². The van der Waals surface area contributed by atoms with E-state index in [1.54, 1.807) is 0 Å². The van der Waals surface area contributed by atoms with Gasteiger partial charge in [0.25, 0.3) is 0 Å². The molecule has 25 heavy (non-hydrogen) atoms. The Kier molecular flexibility index (Phi) is 11.5. The third-order valence-corrected chi connectivity index (χ3v) is 5.77. The molecule has 0 aliphatic carbocycles. The van der Waals surface area contributed by atoms with Crippen LogP contribution in [0.4, 0.5) is 0 Å². The Hall–Kier alpha value is -1.90. The molecule has 0 amide bonds. The van der Waals surface area contributed by atoms with Crippen LogP contribution in [0.15, 0.2) is 29.4 Å². The fourth-order valence-corrected chi connectivity index (χ4v) is 4.09. The molecule has 1 aromatic carbocycles. The molecule has 142 valence electrons. The van der Waals surface area contributed by atoms with Crippen molar-refractivity contribution in [3.8, 4) is 5.75 Å². The van der Waals surface area contributed by atoms with Crippen LogP contribution in [0.1, 0.15) is 70.9 Å². The minimum absolute atomic E-state index is 0. The van der Waals surface area contributed by atoms with Crippen molar-refractivity contribution >= 4 is 25.2 Å². The maximum atomic E-state index is 10.5. The maximum absolute atomic E-state index is 10.5. The van der Waals surface area contributed by atoms with E-state index in [1.165, 1.54) is 34.0 Å². The number of rotatable bonds is 10. The monoisotopic (exact) mass is 682 g/mol. The van der Waals surface area contributed by atoms with Gasteiger partial charge in [0, 0.05) is 5.75 Å². The van der Waals surface area contributed by atoms with Crippen LogP contribution >= 0.6 is 20.7 Å². The van der Waals surface area contributed by atoms with Crippen molar-refractivity contribution in [3.63, 3.8) is 0 Å². The standard InChI is InChI=1S/C22H32IO.Cm/c1-6-7-8-12-19-15-21(23-5)20(22(24)16-19)14-13-18(4)11-9-10-17(2)3;/h10,13,16,24H,5-9,11-12,14H2,1-4H3;/q-1;/b18-13+;. The summed E-state index contributed by atoms with van der Waals surface area (Å²) in [5.41, 5.74) is 4.94. The van der Waals surface area contributed by atoms with Crippen LogP contribution in [-0.4, -0.2) is 9.62 Å². The summed E-state index contributed by atoms with van der Waals surface area (Å²) in [5.74, 6) is 0.437. The zero-order valence-electron chi connectivity index (χ0n) is 16.1. The van der Waals surface area contributed by atoms with E-state index in [2.05, 4.69) is 50.4 Å². The van der Waals surface area contributed by atoms with Crippen molar-refractivity contribution in [3.05, 3.63) is 50.1 Å². The summed E-state index contributed by atoms with van der Waals surface area (Å²) in [6, 6.07) is 5.45. The van der Waals surface area contributed by atoms with Gasteiger partial charge in [-0.25, -0.2) is 0 Å². The fourth-order valence-electron chi connectivity index (χ4n) is 2.59. The summed E-state index contributed by atoms with van der Waals surface area (Å²) in [6.45, 7) is 8.67. The molecule has 1 N–H and O–H groups in total. The predicted octanol–water partition coefficient (Wildman–Crippen LogP) is 6.73. The Morgan fingerprint density at radius 1 is 1.24 bits per heavy atom. The van der Waals surface area contributed by atoms with E-state index in [4.69, 9.17) is 0 Å². The molecule has 0 aromatic heterocycles. The summed E-state index contributed by atoms with van der Waals surface area (Å²) in [6.07, 6.45) is 12.1. The smallest absolute Gasteiger partial charge is 0.0129 e. The van der Waals surface area contributed by atoms with Crippen molar-refractivity contribution in [2.24, 2.45) is 0 Å². The molecular formula is C22H32CmIO-. The van der Waals surface area contributed by atoms with Gasteiger partial charge in [-0.15, -0.1) is 26.8 Å². The summed E-state index contributed by atoms with van der Waals surface area (Å²) in [4.78, 5) is 0. The zero-order chi connectivity index (χ0) is 17.9. The predicted molar refractivity (Wildman–Crippen MR) is 116 cm³/mol.